The van der Waals surface area contributed by atoms with Gasteiger partial charge in [-0.05, 0) is 0 Å². The van der Waals surface area contributed by atoms with Crippen molar-refractivity contribution in [2.75, 3.05) is 5.73 Å². The van der Waals surface area contributed by atoms with Gasteiger partial charge in [0.25, 0.3) is 15.5 Å². The predicted octanol–water partition coefficient (Wildman–Crippen LogP) is 1.67. The third-order valence-electron chi connectivity index (χ3n) is 1.44. The van der Waals surface area contributed by atoms with Crippen LogP contribution in [0.15, 0.2) is 11.1 Å². The second kappa shape index (κ2) is 3.86. The van der Waals surface area contributed by atoms with Crippen molar-refractivity contribution in [3.8, 4) is 0 Å². The SMILES string of the molecule is Nc1cc(S(=O)(=O)Cl)nc(C(F)F)c1F. The maximum atomic E-state index is 12.9. The lowest BCUT2D eigenvalue weighted by Gasteiger charge is -2.05. The van der Waals surface area contributed by atoms with Gasteiger partial charge in [0.2, 0.25) is 0 Å². The van der Waals surface area contributed by atoms with Gasteiger partial charge in [0.1, 0.15) is 5.69 Å². The summed E-state index contributed by atoms with van der Waals surface area (Å²) in [6, 6.07) is 0.573. The van der Waals surface area contributed by atoms with Crippen LogP contribution in [0, 0.1) is 5.82 Å². The third-order valence-corrected chi connectivity index (χ3v) is 2.63. The van der Waals surface area contributed by atoms with Crippen LogP contribution in [0.2, 0.25) is 0 Å². The first-order valence-electron chi connectivity index (χ1n) is 3.42. The Morgan fingerprint density at radius 2 is 2.00 bits per heavy atom. The van der Waals surface area contributed by atoms with Gasteiger partial charge in [0.15, 0.2) is 10.8 Å². The molecule has 0 saturated heterocycles. The average molecular weight is 261 g/mol. The highest BCUT2D eigenvalue weighted by Crippen LogP contribution is 2.26. The highest BCUT2D eigenvalue weighted by Gasteiger charge is 2.23. The number of hydrogen-bond acceptors (Lipinski definition) is 4. The summed E-state index contributed by atoms with van der Waals surface area (Å²) in [5.74, 6) is -1.45. The molecule has 1 aromatic rings. The molecule has 0 fully saturated rings. The number of nitrogens with two attached hydrogens (primary N) is 1. The second-order valence-electron chi connectivity index (χ2n) is 2.49. The van der Waals surface area contributed by atoms with E-state index in [1.807, 2.05) is 0 Å². The molecule has 0 unspecified atom stereocenters. The van der Waals surface area contributed by atoms with Crippen molar-refractivity contribution in [3.05, 3.63) is 17.6 Å². The van der Waals surface area contributed by atoms with Crippen molar-refractivity contribution in [1.82, 2.24) is 4.98 Å². The van der Waals surface area contributed by atoms with Gasteiger partial charge in [-0.3, -0.25) is 0 Å². The number of rotatable bonds is 2. The molecule has 1 heterocycles. The van der Waals surface area contributed by atoms with Crippen LogP contribution in [0.3, 0.4) is 0 Å². The van der Waals surface area contributed by atoms with Gasteiger partial charge in [0, 0.05) is 16.7 Å². The number of hydrogen-bond donors (Lipinski definition) is 1. The van der Waals surface area contributed by atoms with E-state index in [0.29, 0.717) is 6.07 Å². The van der Waals surface area contributed by atoms with E-state index in [1.165, 1.54) is 0 Å². The minimum atomic E-state index is -4.32. The average Bonchev–Trinajstić information content (AvgIpc) is 2.06. The highest BCUT2D eigenvalue weighted by atomic mass is 35.7. The van der Waals surface area contributed by atoms with E-state index in [-0.39, 0.29) is 0 Å². The number of halogens is 4. The second-order valence-corrected chi connectivity index (χ2v) is 5.00. The number of pyridine rings is 1. The van der Waals surface area contributed by atoms with Crippen LogP contribution in [0.4, 0.5) is 18.9 Å². The summed E-state index contributed by atoms with van der Waals surface area (Å²) in [4.78, 5) is 2.88. The van der Waals surface area contributed by atoms with Gasteiger partial charge in [-0.2, -0.15) is 0 Å². The monoisotopic (exact) mass is 260 g/mol. The molecule has 0 aliphatic carbocycles. The fourth-order valence-electron chi connectivity index (χ4n) is 0.814. The summed E-state index contributed by atoms with van der Waals surface area (Å²) in [6.45, 7) is 0. The molecule has 0 spiro atoms. The van der Waals surface area contributed by atoms with Crippen LogP contribution in [0.25, 0.3) is 0 Å². The first kappa shape index (κ1) is 12.1. The van der Waals surface area contributed by atoms with E-state index < -0.39 is 37.7 Å². The Kier molecular flexibility index (Phi) is 3.10. The molecule has 0 radical (unpaired) electrons. The van der Waals surface area contributed by atoms with E-state index in [0.717, 1.165) is 0 Å². The quantitative estimate of drug-likeness (QED) is 0.821. The molecule has 0 aromatic carbocycles. The third kappa shape index (κ3) is 2.51. The van der Waals surface area contributed by atoms with Crippen molar-refractivity contribution < 1.29 is 21.6 Å². The lowest BCUT2D eigenvalue weighted by molar-refractivity contribution is 0.140. The van der Waals surface area contributed by atoms with Gasteiger partial charge in [-0.25, -0.2) is 26.6 Å². The van der Waals surface area contributed by atoms with Gasteiger partial charge < -0.3 is 5.73 Å². The first-order chi connectivity index (χ1) is 6.73. The van der Waals surface area contributed by atoms with Crippen LogP contribution in [-0.4, -0.2) is 13.4 Å². The van der Waals surface area contributed by atoms with Crippen molar-refractivity contribution in [1.29, 1.82) is 0 Å². The van der Waals surface area contributed by atoms with Crippen molar-refractivity contribution in [3.63, 3.8) is 0 Å². The van der Waals surface area contributed by atoms with E-state index in [9.17, 15) is 21.6 Å². The zero-order valence-electron chi connectivity index (χ0n) is 6.92. The number of anilines is 1. The van der Waals surface area contributed by atoms with Gasteiger partial charge in [-0.15, -0.1) is 0 Å². The minimum absolute atomic E-state index is 0.573. The van der Waals surface area contributed by atoms with E-state index in [4.69, 9.17) is 16.4 Å². The van der Waals surface area contributed by atoms with Gasteiger partial charge in [-0.1, -0.05) is 0 Å². The maximum absolute atomic E-state index is 12.9. The fraction of sp³-hybridized carbons (Fsp3) is 0.167. The molecular formula is C6H4ClF3N2O2S. The van der Waals surface area contributed by atoms with Gasteiger partial charge in [0.05, 0.1) is 5.69 Å². The summed E-state index contributed by atoms with van der Waals surface area (Å²) >= 11 is 0. The highest BCUT2D eigenvalue weighted by molar-refractivity contribution is 8.13. The Labute approximate surface area is 87.3 Å². The molecule has 0 saturated carbocycles. The Morgan fingerprint density at radius 1 is 1.47 bits per heavy atom. The molecule has 0 aliphatic rings. The normalized spacial score (nSPS) is 12.1. The molecule has 15 heavy (non-hydrogen) atoms. The summed E-state index contributed by atoms with van der Waals surface area (Å²) in [6.07, 6.45) is -3.27. The summed E-state index contributed by atoms with van der Waals surface area (Å²) in [5, 5.41) is -0.904. The summed E-state index contributed by atoms with van der Waals surface area (Å²) < 4.78 is 58.8. The number of nitrogens with zero attached hydrogens (tertiary/aromatic N) is 1. The topological polar surface area (TPSA) is 73.1 Å². The van der Waals surface area contributed by atoms with Crippen LogP contribution < -0.4 is 5.73 Å². The Hall–Kier alpha value is -1.02. The Bertz CT molecular complexity index is 491. The molecule has 1 rings (SSSR count). The van der Waals surface area contributed by atoms with E-state index >= 15 is 0 Å². The smallest absolute Gasteiger partial charge is 0.283 e. The molecule has 2 N–H and O–H groups in total. The number of aromatic nitrogens is 1. The van der Waals surface area contributed by atoms with Crippen LogP contribution in [0.5, 0.6) is 0 Å². The zero-order chi connectivity index (χ0) is 11.8. The van der Waals surface area contributed by atoms with Crippen molar-refractivity contribution >= 4 is 25.4 Å². The lowest BCUT2D eigenvalue weighted by Crippen LogP contribution is -2.06. The fourth-order valence-corrected chi connectivity index (χ4v) is 1.53. The van der Waals surface area contributed by atoms with Crippen molar-refractivity contribution in [2.45, 2.75) is 11.5 Å². The first-order valence-corrected chi connectivity index (χ1v) is 5.73. The zero-order valence-corrected chi connectivity index (χ0v) is 8.49. The Balaban J connectivity index is 3.50. The molecule has 1 aromatic heterocycles. The number of alkyl halides is 2. The maximum Gasteiger partial charge on any atom is 0.283 e. The largest absolute Gasteiger partial charge is 0.396 e. The molecule has 0 bridgehead atoms. The van der Waals surface area contributed by atoms with E-state index in [1.54, 1.807) is 0 Å². The number of nitrogen functional groups attached to an aromatic ring is 1. The summed E-state index contributed by atoms with van der Waals surface area (Å²) in [5.41, 5.74) is 2.90. The molecule has 0 aliphatic heterocycles. The molecular weight excluding hydrogens is 257 g/mol. The molecule has 0 atom stereocenters. The molecule has 9 heteroatoms. The van der Waals surface area contributed by atoms with Crippen LogP contribution in [0.1, 0.15) is 12.1 Å². The Morgan fingerprint density at radius 3 is 2.40 bits per heavy atom. The summed E-state index contributed by atoms with van der Waals surface area (Å²) in [7, 11) is 0.529. The predicted molar refractivity (Wildman–Crippen MR) is 46.6 cm³/mol. The van der Waals surface area contributed by atoms with Crippen molar-refractivity contribution in [2.24, 2.45) is 0 Å². The van der Waals surface area contributed by atoms with E-state index in [2.05, 4.69) is 4.98 Å². The lowest BCUT2D eigenvalue weighted by atomic mass is 10.3. The minimum Gasteiger partial charge on any atom is -0.396 e. The standard InChI is InChI=1S/C6H4ClF3N2O2S/c7-15(13,14)3-1-2(11)4(8)5(12-3)6(9)10/h1,6H,(H2,11,12). The van der Waals surface area contributed by atoms with Crippen LogP contribution >= 0.6 is 10.7 Å². The van der Waals surface area contributed by atoms with Crippen LogP contribution in [-0.2, 0) is 9.05 Å². The molecule has 0 amide bonds. The van der Waals surface area contributed by atoms with Gasteiger partial charge >= 0.3 is 0 Å². The molecule has 4 nitrogen and oxygen atoms in total. The molecule has 84 valence electrons.